The molecule has 1 aromatic rings. The zero-order chi connectivity index (χ0) is 15.4. The fraction of sp³-hybridized carbons (Fsp3) is 0.417. The summed E-state index contributed by atoms with van der Waals surface area (Å²) >= 11 is 0. The first kappa shape index (κ1) is 13.3. The molecule has 1 fully saturated rings. The van der Waals surface area contributed by atoms with E-state index in [9.17, 15) is 9.59 Å². The first-order chi connectivity index (χ1) is 9.87. The second-order valence-corrected chi connectivity index (χ2v) is 5.30. The molecule has 1 saturated heterocycles. The molecule has 110 valence electrons. The molecule has 0 bridgehead atoms. The van der Waals surface area contributed by atoms with Gasteiger partial charge < -0.3 is 15.2 Å². The van der Waals surface area contributed by atoms with Gasteiger partial charge in [-0.3, -0.25) is 10.1 Å². The third-order valence-electron chi connectivity index (χ3n) is 4.05. The van der Waals surface area contributed by atoms with Crippen LogP contribution in [-0.4, -0.2) is 45.6 Å². The molecule has 2 aliphatic rings. The molecule has 0 saturated carbocycles. The zero-order valence-electron chi connectivity index (χ0n) is 11.9. The van der Waals surface area contributed by atoms with Gasteiger partial charge in [-0.15, -0.1) is 0 Å². The summed E-state index contributed by atoms with van der Waals surface area (Å²) < 4.78 is 1.70. The largest absolute Gasteiger partial charge is 0.386 e. The Balaban J connectivity index is 2.31. The van der Waals surface area contributed by atoms with Gasteiger partial charge in [-0.1, -0.05) is 0 Å². The Hall–Kier alpha value is -2.71. The summed E-state index contributed by atoms with van der Waals surface area (Å²) in [4.78, 5) is 38.3. The number of aryl methyl sites for hydroxylation is 1. The lowest BCUT2D eigenvalue weighted by Gasteiger charge is -2.44. The lowest BCUT2D eigenvalue weighted by atomic mass is 9.76. The number of hydrogen-bond donors (Lipinski definition) is 2. The number of imidazole rings is 1. The number of urea groups is 1. The maximum absolute atomic E-state index is 12.4. The van der Waals surface area contributed by atoms with E-state index < -0.39 is 23.4 Å². The van der Waals surface area contributed by atoms with Crippen LogP contribution in [0.3, 0.4) is 0 Å². The number of amides is 3. The van der Waals surface area contributed by atoms with Gasteiger partial charge in [0.05, 0.1) is 6.33 Å². The van der Waals surface area contributed by atoms with Gasteiger partial charge in [0.2, 0.25) is 5.91 Å². The standard InChI is InChI=1S/C12H15N7O2/c1-12-7(19(3)11(21)17-10(12)20)6-8(18(2)5-16-6)14-4-15-9(12)13/h4-5,7H,1-3H3,(H2,13,14,15)(H,17,20,21)/t7-,12-/m0/s1. The molecule has 0 radical (unpaired) electrons. The molecule has 0 aliphatic carbocycles. The fourth-order valence-electron chi connectivity index (χ4n) is 2.73. The Morgan fingerprint density at radius 3 is 2.81 bits per heavy atom. The summed E-state index contributed by atoms with van der Waals surface area (Å²) in [6.45, 7) is 1.65. The van der Waals surface area contributed by atoms with Crippen LogP contribution < -0.4 is 11.1 Å². The van der Waals surface area contributed by atoms with Crippen molar-refractivity contribution in [2.24, 2.45) is 28.2 Å². The molecule has 3 amide bonds. The second kappa shape index (κ2) is 4.14. The van der Waals surface area contributed by atoms with Crippen LogP contribution in [0.25, 0.3) is 0 Å². The first-order valence-electron chi connectivity index (χ1n) is 6.33. The van der Waals surface area contributed by atoms with Gasteiger partial charge >= 0.3 is 6.03 Å². The fourth-order valence-corrected chi connectivity index (χ4v) is 2.73. The molecule has 1 aromatic heterocycles. The number of hydrogen-bond acceptors (Lipinski definition) is 6. The van der Waals surface area contributed by atoms with Crippen LogP contribution >= 0.6 is 0 Å². The third kappa shape index (κ3) is 1.60. The van der Waals surface area contributed by atoms with Gasteiger partial charge in [-0.05, 0) is 6.92 Å². The summed E-state index contributed by atoms with van der Waals surface area (Å²) in [7, 11) is 3.36. The maximum atomic E-state index is 12.4. The molecule has 9 heteroatoms. The number of imide groups is 1. The van der Waals surface area contributed by atoms with Crippen LogP contribution in [0.1, 0.15) is 18.7 Å². The molecule has 0 spiro atoms. The van der Waals surface area contributed by atoms with E-state index in [0.29, 0.717) is 11.5 Å². The van der Waals surface area contributed by atoms with E-state index in [2.05, 4.69) is 20.3 Å². The van der Waals surface area contributed by atoms with Crippen molar-refractivity contribution in [2.45, 2.75) is 13.0 Å². The normalized spacial score (nSPS) is 29.8. The minimum absolute atomic E-state index is 0.0874. The number of rotatable bonds is 0. The van der Waals surface area contributed by atoms with Crippen molar-refractivity contribution in [3.8, 4) is 0 Å². The molecule has 9 nitrogen and oxygen atoms in total. The molecular formula is C12H15N7O2. The van der Waals surface area contributed by atoms with Crippen LogP contribution in [0.5, 0.6) is 0 Å². The lowest BCUT2D eigenvalue weighted by molar-refractivity contribution is -0.130. The van der Waals surface area contributed by atoms with Gasteiger partial charge in [0.25, 0.3) is 0 Å². The SMILES string of the molecule is CN1C(=O)NC(=O)[C@]2(C)C(N)=N/C=N\c3c(ncn3C)[C@H]12. The number of aromatic nitrogens is 2. The smallest absolute Gasteiger partial charge is 0.324 e. The Morgan fingerprint density at radius 2 is 2.10 bits per heavy atom. The number of carbonyl (C=O) groups is 2. The topological polar surface area (TPSA) is 118 Å². The van der Waals surface area contributed by atoms with Gasteiger partial charge in [0.1, 0.15) is 29.3 Å². The first-order valence-corrected chi connectivity index (χ1v) is 6.33. The van der Waals surface area contributed by atoms with Gasteiger partial charge in [0.15, 0.2) is 5.82 Å². The summed E-state index contributed by atoms with van der Waals surface area (Å²) in [5, 5.41) is 2.29. The Kier molecular flexibility index (Phi) is 2.62. The van der Waals surface area contributed by atoms with Gasteiger partial charge in [-0.25, -0.2) is 19.8 Å². The molecule has 3 N–H and O–H groups in total. The molecule has 0 aromatic carbocycles. The Labute approximate surface area is 120 Å². The van der Waals surface area contributed by atoms with Crippen molar-refractivity contribution in [3.05, 3.63) is 12.0 Å². The van der Waals surface area contributed by atoms with E-state index in [1.807, 2.05) is 0 Å². The predicted octanol–water partition coefficient (Wildman–Crippen LogP) is -0.320. The minimum atomic E-state index is -1.21. The van der Waals surface area contributed by atoms with Crippen molar-refractivity contribution in [2.75, 3.05) is 7.05 Å². The molecule has 0 unspecified atom stereocenters. The van der Waals surface area contributed by atoms with Crippen LogP contribution in [-0.2, 0) is 11.8 Å². The second-order valence-electron chi connectivity index (χ2n) is 5.30. The number of carbonyl (C=O) groups excluding carboxylic acids is 2. The minimum Gasteiger partial charge on any atom is -0.386 e. The van der Waals surface area contributed by atoms with E-state index in [0.717, 1.165) is 0 Å². The summed E-state index contributed by atoms with van der Waals surface area (Å²) in [5.74, 6) is 0.130. The third-order valence-corrected chi connectivity index (χ3v) is 4.05. The number of aliphatic imine (C=N–C) groups is 2. The van der Waals surface area contributed by atoms with Crippen molar-refractivity contribution in [1.29, 1.82) is 0 Å². The molecule has 21 heavy (non-hydrogen) atoms. The number of nitrogens with two attached hydrogens (primary N) is 1. The van der Waals surface area contributed by atoms with Gasteiger partial charge in [-0.2, -0.15) is 0 Å². The van der Waals surface area contributed by atoms with Crippen molar-refractivity contribution in [3.63, 3.8) is 0 Å². The molecule has 2 aliphatic heterocycles. The summed E-state index contributed by atoms with van der Waals surface area (Å²) in [6, 6.07) is -1.17. The molecule has 2 atom stereocenters. The number of nitrogens with zero attached hydrogens (tertiary/aromatic N) is 5. The Morgan fingerprint density at radius 1 is 1.38 bits per heavy atom. The number of amidine groups is 1. The van der Waals surface area contributed by atoms with E-state index in [4.69, 9.17) is 5.73 Å². The highest BCUT2D eigenvalue weighted by molar-refractivity contribution is 6.15. The van der Waals surface area contributed by atoms with Crippen LogP contribution in [0.4, 0.5) is 10.6 Å². The highest BCUT2D eigenvalue weighted by atomic mass is 16.2. The van der Waals surface area contributed by atoms with E-state index >= 15 is 0 Å². The quantitative estimate of drug-likeness (QED) is 0.680. The van der Waals surface area contributed by atoms with Gasteiger partial charge in [0, 0.05) is 14.1 Å². The highest BCUT2D eigenvalue weighted by Crippen LogP contribution is 2.44. The van der Waals surface area contributed by atoms with Crippen LogP contribution in [0, 0.1) is 5.41 Å². The maximum Gasteiger partial charge on any atom is 0.324 e. The average Bonchev–Trinajstić information content (AvgIpc) is 2.77. The van der Waals surface area contributed by atoms with Crippen molar-refractivity contribution < 1.29 is 9.59 Å². The average molecular weight is 289 g/mol. The number of nitrogens with one attached hydrogen (secondary N) is 1. The summed E-state index contributed by atoms with van der Waals surface area (Å²) in [5.41, 5.74) is 5.28. The number of fused-ring (bicyclic) bond motifs is 3. The summed E-state index contributed by atoms with van der Waals surface area (Å²) in [6.07, 6.45) is 2.87. The van der Waals surface area contributed by atoms with Crippen LogP contribution in [0.15, 0.2) is 16.3 Å². The Bertz CT molecular complexity index is 704. The highest BCUT2D eigenvalue weighted by Gasteiger charge is 2.55. The van der Waals surface area contributed by atoms with E-state index in [1.54, 1.807) is 31.9 Å². The lowest BCUT2D eigenvalue weighted by Crippen LogP contribution is -2.64. The van der Waals surface area contributed by atoms with Crippen molar-refractivity contribution in [1.82, 2.24) is 19.8 Å². The van der Waals surface area contributed by atoms with E-state index in [-0.39, 0.29) is 5.84 Å². The van der Waals surface area contributed by atoms with Crippen molar-refractivity contribution >= 4 is 29.9 Å². The molecular weight excluding hydrogens is 274 g/mol. The monoisotopic (exact) mass is 289 g/mol. The van der Waals surface area contributed by atoms with Crippen LogP contribution in [0.2, 0.25) is 0 Å². The zero-order valence-corrected chi connectivity index (χ0v) is 11.9. The molecule has 3 heterocycles. The molecule has 3 rings (SSSR count). The predicted molar refractivity (Wildman–Crippen MR) is 75.1 cm³/mol. The van der Waals surface area contributed by atoms with E-state index in [1.165, 1.54) is 11.2 Å².